The summed E-state index contributed by atoms with van der Waals surface area (Å²) >= 11 is 1.66. The zero-order chi connectivity index (χ0) is 13.8. The lowest BCUT2D eigenvalue weighted by molar-refractivity contribution is 0.0692. The number of carboxylic acid groups (broad SMARTS) is 1. The largest absolute Gasteiger partial charge is 0.478 e. The van der Waals surface area contributed by atoms with Gasteiger partial charge in [-0.1, -0.05) is 12.1 Å². The molecule has 5 heteroatoms. The zero-order valence-electron chi connectivity index (χ0n) is 10.5. The van der Waals surface area contributed by atoms with Gasteiger partial charge in [0.2, 0.25) is 0 Å². The van der Waals surface area contributed by atoms with Crippen molar-refractivity contribution in [3.05, 3.63) is 52.0 Å². The van der Waals surface area contributed by atoms with Crippen molar-refractivity contribution in [3.8, 4) is 0 Å². The number of carbonyl (C=O) groups is 1. The second kappa shape index (κ2) is 5.84. The first kappa shape index (κ1) is 13.5. The molecule has 2 aromatic rings. The fourth-order valence-corrected chi connectivity index (χ4v) is 2.59. The molecule has 0 aliphatic carbocycles. The first-order valence-corrected chi connectivity index (χ1v) is 6.73. The highest BCUT2D eigenvalue weighted by Gasteiger charge is 2.18. The van der Waals surface area contributed by atoms with E-state index in [-0.39, 0.29) is 5.56 Å². The van der Waals surface area contributed by atoms with Crippen LogP contribution in [0.1, 0.15) is 15.2 Å². The van der Waals surface area contributed by atoms with Gasteiger partial charge in [-0.25, -0.2) is 9.18 Å². The van der Waals surface area contributed by atoms with Gasteiger partial charge >= 0.3 is 5.97 Å². The van der Waals surface area contributed by atoms with Crippen molar-refractivity contribution < 1.29 is 14.3 Å². The van der Waals surface area contributed by atoms with E-state index in [4.69, 9.17) is 5.11 Å². The van der Waals surface area contributed by atoms with Crippen LogP contribution in [0.3, 0.4) is 0 Å². The van der Waals surface area contributed by atoms with E-state index in [1.165, 1.54) is 17.0 Å². The van der Waals surface area contributed by atoms with Gasteiger partial charge in [-0.3, -0.25) is 0 Å². The van der Waals surface area contributed by atoms with Crippen molar-refractivity contribution in [2.75, 3.05) is 18.5 Å². The number of carboxylic acids is 1. The Labute approximate surface area is 114 Å². The van der Waals surface area contributed by atoms with Crippen LogP contribution in [0.2, 0.25) is 0 Å². The minimum Gasteiger partial charge on any atom is -0.478 e. The lowest BCUT2D eigenvalue weighted by Gasteiger charge is -2.21. The van der Waals surface area contributed by atoms with Crippen LogP contribution in [0.25, 0.3) is 0 Å². The Kier molecular flexibility index (Phi) is 4.16. The van der Waals surface area contributed by atoms with Gasteiger partial charge in [-0.05, 0) is 30.0 Å². The average Bonchev–Trinajstić information content (AvgIpc) is 2.88. The zero-order valence-corrected chi connectivity index (χ0v) is 11.3. The normalized spacial score (nSPS) is 10.4. The third-order valence-electron chi connectivity index (χ3n) is 2.89. The maximum absolute atomic E-state index is 13.6. The molecule has 1 aromatic carbocycles. The molecule has 2 rings (SSSR count). The number of hydrogen-bond acceptors (Lipinski definition) is 3. The van der Waals surface area contributed by atoms with Gasteiger partial charge in [0.15, 0.2) is 0 Å². The number of anilines is 1. The van der Waals surface area contributed by atoms with Crippen molar-refractivity contribution in [3.63, 3.8) is 0 Å². The highest BCUT2D eigenvalue weighted by Crippen LogP contribution is 2.23. The molecule has 0 aliphatic rings. The SMILES string of the molecule is CN(CCc1cccs1)c1cccc(F)c1C(=O)O. The Morgan fingerprint density at radius 2 is 2.16 bits per heavy atom. The fourth-order valence-electron chi connectivity index (χ4n) is 1.90. The summed E-state index contributed by atoms with van der Waals surface area (Å²) in [6.45, 7) is 0.643. The van der Waals surface area contributed by atoms with Crippen molar-refractivity contribution in [2.45, 2.75) is 6.42 Å². The van der Waals surface area contributed by atoms with E-state index in [2.05, 4.69) is 0 Å². The van der Waals surface area contributed by atoms with Crippen LogP contribution in [-0.4, -0.2) is 24.7 Å². The standard InChI is InChI=1S/C14H14FNO2S/c1-16(8-7-10-4-3-9-19-10)12-6-2-5-11(15)13(12)14(17)18/h2-6,9H,7-8H2,1H3,(H,17,18). The topological polar surface area (TPSA) is 40.5 Å². The van der Waals surface area contributed by atoms with E-state index in [0.717, 1.165) is 6.42 Å². The minimum absolute atomic E-state index is 0.267. The summed E-state index contributed by atoms with van der Waals surface area (Å²) in [5.74, 6) is -1.94. The van der Waals surface area contributed by atoms with Gasteiger partial charge in [0.25, 0.3) is 0 Å². The molecule has 19 heavy (non-hydrogen) atoms. The first-order chi connectivity index (χ1) is 9.09. The van der Waals surface area contributed by atoms with Gasteiger partial charge in [0.1, 0.15) is 11.4 Å². The van der Waals surface area contributed by atoms with Crippen LogP contribution >= 0.6 is 11.3 Å². The Hall–Kier alpha value is -1.88. The van der Waals surface area contributed by atoms with Gasteiger partial charge < -0.3 is 10.0 Å². The number of aromatic carboxylic acids is 1. The van der Waals surface area contributed by atoms with Crippen LogP contribution in [0.15, 0.2) is 35.7 Å². The highest BCUT2D eigenvalue weighted by atomic mass is 32.1. The van der Waals surface area contributed by atoms with Crippen molar-refractivity contribution in [2.24, 2.45) is 0 Å². The summed E-state index contributed by atoms with van der Waals surface area (Å²) in [6, 6.07) is 8.33. The summed E-state index contributed by atoms with van der Waals surface area (Å²) in [6.07, 6.45) is 0.809. The third-order valence-corrected chi connectivity index (χ3v) is 3.83. The summed E-state index contributed by atoms with van der Waals surface area (Å²) in [5.41, 5.74) is 0.139. The molecule has 100 valence electrons. The monoisotopic (exact) mass is 279 g/mol. The predicted octanol–water partition coefficient (Wildman–Crippen LogP) is 3.26. The molecule has 1 heterocycles. The number of likely N-dealkylation sites (N-methyl/N-ethyl adjacent to an activating group) is 1. The van der Waals surface area contributed by atoms with Gasteiger partial charge in [0.05, 0.1) is 5.69 Å². The number of rotatable bonds is 5. The molecule has 0 saturated heterocycles. The van der Waals surface area contributed by atoms with Crippen LogP contribution in [0.5, 0.6) is 0 Å². The van der Waals surface area contributed by atoms with Crippen molar-refractivity contribution in [1.29, 1.82) is 0 Å². The molecule has 0 unspecified atom stereocenters. The maximum atomic E-state index is 13.6. The average molecular weight is 279 g/mol. The first-order valence-electron chi connectivity index (χ1n) is 5.85. The van der Waals surface area contributed by atoms with E-state index in [9.17, 15) is 9.18 Å². The lowest BCUT2D eigenvalue weighted by atomic mass is 10.1. The van der Waals surface area contributed by atoms with Gasteiger partial charge in [0, 0.05) is 18.5 Å². The summed E-state index contributed by atoms with van der Waals surface area (Å²) in [5, 5.41) is 11.1. The maximum Gasteiger partial charge on any atom is 0.340 e. The minimum atomic E-state index is -1.24. The molecule has 0 radical (unpaired) electrons. The number of thiophene rings is 1. The van der Waals surface area contributed by atoms with Crippen LogP contribution < -0.4 is 4.90 Å². The third kappa shape index (κ3) is 3.12. The molecule has 0 fully saturated rings. The lowest BCUT2D eigenvalue weighted by Crippen LogP contribution is -2.23. The second-order valence-electron chi connectivity index (χ2n) is 4.19. The van der Waals surface area contributed by atoms with Crippen LogP contribution in [0.4, 0.5) is 10.1 Å². The molecule has 1 aromatic heterocycles. The Bertz CT molecular complexity index is 569. The molecule has 0 saturated carbocycles. The molecular formula is C14H14FNO2S. The van der Waals surface area contributed by atoms with E-state index in [1.807, 2.05) is 17.5 Å². The number of halogens is 1. The molecule has 3 nitrogen and oxygen atoms in total. The quantitative estimate of drug-likeness (QED) is 0.913. The molecule has 0 bridgehead atoms. The van der Waals surface area contributed by atoms with Crippen LogP contribution in [-0.2, 0) is 6.42 Å². The molecule has 1 N–H and O–H groups in total. The number of benzene rings is 1. The summed E-state index contributed by atoms with van der Waals surface area (Å²) in [4.78, 5) is 14.1. The van der Waals surface area contributed by atoms with Gasteiger partial charge in [-0.15, -0.1) is 11.3 Å². The van der Waals surface area contributed by atoms with E-state index in [1.54, 1.807) is 29.4 Å². The Morgan fingerprint density at radius 3 is 2.79 bits per heavy atom. The fraction of sp³-hybridized carbons (Fsp3) is 0.214. The second-order valence-corrected chi connectivity index (χ2v) is 5.22. The molecule has 0 spiro atoms. The molecular weight excluding hydrogens is 265 g/mol. The van der Waals surface area contributed by atoms with E-state index in [0.29, 0.717) is 12.2 Å². The molecule has 0 amide bonds. The van der Waals surface area contributed by atoms with Crippen LogP contribution in [0, 0.1) is 5.82 Å². The summed E-state index contributed by atoms with van der Waals surface area (Å²) in [7, 11) is 1.77. The van der Waals surface area contributed by atoms with Gasteiger partial charge in [-0.2, -0.15) is 0 Å². The van der Waals surface area contributed by atoms with E-state index < -0.39 is 11.8 Å². The van der Waals surface area contributed by atoms with E-state index >= 15 is 0 Å². The Balaban J connectivity index is 2.16. The number of nitrogens with zero attached hydrogens (tertiary/aromatic N) is 1. The number of hydrogen-bond donors (Lipinski definition) is 1. The van der Waals surface area contributed by atoms with Crippen molar-refractivity contribution >= 4 is 23.0 Å². The van der Waals surface area contributed by atoms with Crippen molar-refractivity contribution in [1.82, 2.24) is 0 Å². The predicted molar refractivity (Wildman–Crippen MR) is 74.7 cm³/mol. The molecule has 0 aliphatic heterocycles. The molecule has 0 atom stereocenters. The summed E-state index contributed by atoms with van der Waals surface area (Å²) < 4.78 is 13.6. The highest BCUT2D eigenvalue weighted by molar-refractivity contribution is 7.09. The smallest absolute Gasteiger partial charge is 0.340 e. The Morgan fingerprint density at radius 1 is 1.37 bits per heavy atom.